The van der Waals surface area contributed by atoms with Gasteiger partial charge in [0.1, 0.15) is 17.4 Å². The summed E-state index contributed by atoms with van der Waals surface area (Å²) in [7, 11) is 0. The van der Waals surface area contributed by atoms with Crippen LogP contribution in [-0.2, 0) is 24.3 Å². The van der Waals surface area contributed by atoms with E-state index < -0.39 is 0 Å². The van der Waals surface area contributed by atoms with Crippen LogP contribution in [0.2, 0.25) is 0 Å². The standard InChI is InChI=1S/C20H27N5O2/c1-2-15-5-3-4-6-17(15)27-14-19(26)24-10-7-16(8-11-24)20-23-22-18-13-21-9-12-25(18)20/h3-6,16,21H,2,7-14H2,1H3. The first-order valence-corrected chi connectivity index (χ1v) is 9.87. The molecule has 1 aromatic carbocycles. The van der Waals surface area contributed by atoms with E-state index in [1.807, 2.05) is 29.2 Å². The van der Waals surface area contributed by atoms with Crippen LogP contribution >= 0.6 is 0 Å². The molecule has 1 aromatic heterocycles. The molecule has 4 rings (SSSR count). The van der Waals surface area contributed by atoms with Gasteiger partial charge in [0.25, 0.3) is 5.91 Å². The fourth-order valence-electron chi connectivity index (χ4n) is 3.97. The zero-order chi connectivity index (χ0) is 18.6. The molecule has 0 radical (unpaired) electrons. The van der Waals surface area contributed by atoms with Crippen LogP contribution < -0.4 is 10.1 Å². The van der Waals surface area contributed by atoms with Crippen LogP contribution in [0, 0.1) is 0 Å². The number of ether oxygens (including phenoxy) is 1. The summed E-state index contributed by atoms with van der Waals surface area (Å²) < 4.78 is 8.05. The van der Waals surface area contributed by atoms with E-state index in [1.54, 1.807) is 0 Å². The number of piperidine rings is 1. The van der Waals surface area contributed by atoms with Crippen LogP contribution in [0.25, 0.3) is 0 Å². The van der Waals surface area contributed by atoms with E-state index in [0.29, 0.717) is 5.92 Å². The number of hydrogen-bond acceptors (Lipinski definition) is 5. The quantitative estimate of drug-likeness (QED) is 0.869. The van der Waals surface area contributed by atoms with Gasteiger partial charge in [0.05, 0.1) is 6.54 Å². The zero-order valence-corrected chi connectivity index (χ0v) is 15.9. The van der Waals surface area contributed by atoms with Crippen molar-refractivity contribution in [3.05, 3.63) is 41.5 Å². The highest BCUT2D eigenvalue weighted by Gasteiger charge is 2.28. The molecule has 1 amide bonds. The molecule has 0 atom stereocenters. The molecule has 1 N–H and O–H groups in total. The summed E-state index contributed by atoms with van der Waals surface area (Å²) in [5.41, 5.74) is 1.13. The predicted octanol–water partition coefficient (Wildman–Crippen LogP) is 1.73. The maximum absolute atomic E-state index is 12.6. The van der Waals surface area contributed by atoms with Gasteiger partial charge in [-0.25, -0.2) is 0 Å². The number of aromatic nitrogens is 3. The lowest BCUT2D eigenvalue weighted by Crippen LogP contribution is -2.41. The van der Waals surface area contributed by atoms with Crippen molar-refractivity contribution in [1.29, 1.82) is 0 Å². The Morgan fingerprint density at radius 1 is 1.22 bits per heavy atom. The topological polar surface area (TPSA) is 72.3 Å². The number of rotatable bonds is 5. The van der Waals surface area contributed by atoms with Gasteiger partial charge in [-0.2, -0.15) is 0 Å². The molecule has 7 nitrogen and oxygen atoms in total. The lowest BCUT2D eigenvalue weighted by atomic mass is 9.95. The largest absolute Gasteiger partial charge is 0.483 e. The first-order valence-electron chi connectivity index (χ1n) is 9.87. The number of carbonyl (C=O) groups is 1. The number of carbonyl (C=O) groups excluding carboxylic acids is 1. The summed E-state index contributed by atoms with van der Waals surface area (Å²) >= 11 is 0. The number of nitrogens with one attached hydrogen (secondary N) is 1. The van der Waals surface area contributed by atoms with E-state index in [4.69, 9.17) is 4.74 Å². The summed E-state index contributed by atoms with van der Waals surface area (Å²) in [5, 5.41) is 12.1. The number of nitrogens with zero attached hydrogens (tertiary/aromatic N) is 4. The number of para-hydroxylation sites is 1. The van der Waals surface area contributed by atoms with E-state index >= 15 is 0 Å². The average molecular weight is 369 g/mol. The molecular formula is C20H27N5O2. The summed E-state index contributed by atoms with van der Waals surface area (Å²) in [6.45, 7) is 6.39. The van der Waals surface area contributed by atoms with Crippen LogP contribution in [0.15, 0.2) is 24.3 Å². The van der Waals surface area contributed by atoms with Gasteiger partial charge in [0, 0.05) is 32.1 Å². The Bertz CT molecular complexity index is 795. The molecule has 7 heteroatoms. The summed E-state index contributed by atoms with van der Waals surface area (Å²) in [4.78, 5) is 14.5. The Morgan fingerprint density at radius 3 is 2.85 bits per heavy atom. The minimum absolute atomic E-state index is 0.0619. The number of likely N-dealkylation sites (tertiary alicyclic amines) is 1. The van der Waals surface area contributed by atoms with E-state index in [2.05, 4.69) is 27.0 Å². The maximum atomic E-state index is 12.6. The smallest absolute Gasteiger partial charge is 0.260 e. The van der Waals surface area contributed by atoms with Gasteiger partial charge in [-0.15, -0.1) is 10.2 Å². The highest BCUT2D eigenvalue weighted by atomic mass is 16.5. The molecule has 3 heterocycles. The molecule has 0 unspecified atom stereocenters. The third kappa shape index (κ3) is 3.83. The second-order valence-electron chi connectivity index (χ2n) is 7.21. The van der Waals surface area contributed by atoms with Crippen molar-refractivity contribution in [3.63, 3.8) is 0 Å². The fraction of sp³-hybridized carbons (Fsp3) is 0.550. The lowest BCUT2D eigenvalue weighted by Gasteiger charge is -2.32. The molecule has 0 aliphatic carbocycles. The number of amides is 1. The first kappa shape index (κ1) is 18.0. The van der Waals surface area contributed by atoms with Crippen LogP contribution in [0.4, 0.5) is 0 Å². The Morgan fingerprint density at radius 2 is 2.04 bits per heavy atom. The van der Waals surface area contributed by atoms with Crippen LogP contribution in [-0.4, -0.2) is 51.8 Å². The Labute approximate surface area is 159 Å². The Hall–Kier alpha value is -2.41. The first-order chi connectivity index (χ1) is 13.3. The molecule has 2 aromatic rings. The predicted molar refractivity (Wildman–Crippen MR) is 102 cm³/mol. The van der Waals surface area contributed by atoms with Gasteiger partial charge in [0.15, 0.2) is 6.61 Å². The highest BCUT2D eigenvalue weighted by molar-refractivity contribution is 5.78. The third-order valence-electron chi connectivity index (χ3n) is 5.57. The normalized spacial score (nSPS) is 17.6. The molecule has 27 heavy (non-hydrogen) atoms. The van der Waals surface area contributed by atoms with Crippen molar-refractivity contribution in [3.8, 4) is 5.75 Å². The average Bonchev–Trinajstić information content (AvgIpc) is 3.16. The van der Waals surface area contributed by atoms with Crippen LogP contribution in [0.5, 0.6) is 5.75 Å². The van der Waals surface area contributed by atoms with Crippen molar-refractivity contribution in [1.82, 2.24) is 25.0 Å². The van der Waals surface area contributed by atoms with E-state index in [1.165, 1.54) is 0 Å². The van der Waals surface area contributed by atoms with Gasteiger partial charge in [-0.1, -0.05) is 25.1 Å². The van der Waals surface area contributed by atoms with E-state index in [9.17, 15) is 4.79 Å². The van der Waals surface area contributed by atoms with Gasteiger partial charge in [-0.05, 0) is 30.9 Å². The van der Waals surface area contributed by atoms with Crippen molar-refractivity contribution < 1.29 is 9.53 Å². The number of hydrogen-bond donors (Lipinski definition) is 1. The van der Waals surface area contributed by atoms with Crippen molar-refractivity contribution in [2.75, 3.05) is 26.2 Å². The second kappa shape index (κ2) is 8.08. The van der Waals surface area contributed by atoms with Crippen molar-refractivity contribution in [2.45, 2.75) is 45.2 Å². The fourth-order valence-corrected chi connectivity index (χ4v) is 3.97. The van der Waals surface area contributed by atoms with Crippen LogP contribution in [0.1, 0.15) is 42.9 Å². The molecule has 0 spiro atoms. The van der Waals surface area contributed by atoms with Crippen molar-refractivity contribution in [2.24, 2.45) is 0 Å². The summed E-state index contributed by atoms with van der Waals surface area (Å²) in [5.74, 6) is 3.37. The molecule has 1 fully saturated rings. The molecule has 2 aliphatic rings. The molecule has 0 bridgehead atoms. The second-order valence-corrected chi connectivity index (χ2v) is 7.21. The van der Waals surface area contributed by atoms with Crippen LogP contribution in [0.3, 0.4) is 0 Å². The summed E-state index contributed by atoms with van der Waals surface area (Å²) in [6.07, 6.45) is 2.76. The number of fused-ring (bicyclic) bond motifs is 1. The zero-order valence-electron chi connectivity index (χ0n) is 15.9. The minimum Gasteiger partial charge on any atom is -0.483 e. The summed E-state index contributed by atoms with van der Waals surface area (Å²) in [6, 6.07) is 7.92. The number of benzene rings is 1. The monoisotopic (exact) mass is 369 g/mol. The molecule has 0 saturated carbocycles. The molecule has 2 aliphatic heterocycles. The minimum atomic E-state index is 0.0619. The van der Waals surface area contributed by atoms with E-state index in [-0.39, 0.29) is 12.5 Å². The molecule has 144 valence electrons. The highest BCUT2D eigenvalue weighted by Crippen LogP contribution is 2.28. The Balaban J connectivity index is 1.31. The Kier molecular flexibility index (Phi) is 5.38. The van der Waals surface area contributed by atoms with Crippen molar-refractivity contribution >= 4 is 5.91 Å². The van der Waals surface area contributed by atoms with Gasteiger partial charge >= 0.3 is 0 Å². The van der Waals surface area contributed by atoms with Gasteiger partial charge in [0.2, 0.25) is 0 Å². The molecule has 1 saturated heterocycles. The SMILES string of the molecule is CCc1ccccc1OCC(=O)N1CCC(c2nnc3n2CCNC3)CC1. The van der Waals surface area contributed by atoms with Gasteiger partial charge in [-0.3, -0.25) is 4.79 Å². The van der Waals surface area contributed by atoms with Gasteiger partial charge < -0.3 is 19.5 Å². The third-order valence-corrected chi connectivity index (χ3v) is 5.57. The van der Waals surface area contributed by atoms with E-state index in [0.717, 1.165) is 74.9 Å². The lowest BCUT2D eigenvalue weighted by molar-refractivity contribution is -0.134. The number of aryl methyl sites for hydroxylation is 1. The maximum Gasteiger partial charge on any atom is 0.260 e. The molecular weight excluding hydrogens is 342 g/mol.